The third-order valence-electron chi connectivity index (χ3n) is 2.99. The summed E-state index contributed by atoms with van der Waals surface area (Å²) in [6, 6.07) is 12.5. The molecule has 1 N–H and O–H groups in total. The molecule has 1 amide bonds. The van der Waals surface area contributed by atoms with Crippen LogP contribution in [0.25, 0.3) is 10.9 Å². The fourth-order valence-electron chi connectivity index (χ4n) is 2.02. The molecule has 2 heterocycles. The minimum absolute atomic E-state index is 0.221. The predicted octanol–water partition coefficient (Wildman–Crippen LogP) is 2.61. The first-order valence-corrected chi connectivity index (χ1v) is 6.72. The van der Waals surface area contributed by atoms with E-state index < -0.39 is 0 Å². The number of benzene rings is 1. The topological polar surface area (TPSA) is 67.8 Å². The molecule has 21 heavy (non-hydrogen) atoms. The summed E-state index contributed by atoms with van der Waals surface area (Å²) >= 11 is 5.97. The van der Waals surface area contributed by atoms with E-state index in [4.69, 9.17) is 11.6 Å². The van der Waals surface area contributed by atoms with Crippen molar-refractivity contribution in [2.75, 3.05) is 0 Å². The molecule has 6 heteroatoms. The van der Waals surface area contributed by atoms with Crippen LogP contribution in [0.5, 0.6) is 0 Å². The van der Waals surface area contributed by atoms with E-state index in [0.717, 1.165) is 5.39 Å². The summed E-state index contributed by atoms with van der Waals surface area (Å²) in [6.07, 6.45) is 1.58. The summed E-state index contributed by atoms with van der Waals surface area (Å²) < 4.78 is 0. The van der Waals surface area contributed by atoms with E-state index in [9.17, 15) is 4.79 Å². The molecule has 3 rings (SSSR count). The minimum Gasteiger partial charge on any atom is -0.346 e. The molecule has 0 fully saturated rings. The van der Waals surface area contributed by atoms with E-state index in [0.29, 0.717) is 28.5 Å². The van der Waals surface area contributed by atoms with Crippen LogP contribution in [-0.2, 0) is 6.54 Å². The van der Waals surface area contributed by atoms with Crippen LogP contribution in [0.1, 0.15) is 16.1 Å². The number of amides is 1. The van der Waals surface area contributed by atoms with Gasteiger partial charge < -0.3 is 5.32 Å². The van der Waals surface area contributed by atoms with Crippen molar-refractivity contribution < 1.29 is 4.79 Å². The van der Waals surface area contributed by atoms with Crippen LogP contribution in [0.15, 0.2) is 48.7 Å². The molecule has 3 aromatic rings. The Morgan fingerprint density at radius 3 is 2.86 bits per heavy atom. The van der Waals surface area contributed by atoms with E-state index in [1.54, 1.807) is 24.4 Å². The van der Waals surface area contributed by atoms with Gasteiger partial charge >= 0.3 is 0 Å². The zero-order valence-electron chi connectivity index (χ0n) is 11.0. The second-order valence-electron chi connectivity index (χ2n) is 4.41. The van der Waals surface area contributed by atoms with Crippen LogP contribution in [0.2, 0.25) is 5.15 Å². The maximum absolute atomic E-state index is 12.3. The lowest BCUT2D eigenvalue weighted by molar-refractivity contribution is 0.0952. The van der Waals surface area contributed by atoms with Gasteiger partial charge in [-0.3, -0.25) is 4.79 Å². The quantitative estimate of drug-likeness (QED) is 0.755. The van der Waals surface area contributed by atoms with Gasteiger partial charge in [0.15, 0.2) is 0 Å². The lowest BCUT2D eigenvalue weighted by Crippen LogP contribution is -2.23. The summed E-state index contributed by atoms with van der Waals surface area (Å²) in [5, 5.41) is 11.5. The number of nitrogens with one attached hydrogen (secondary N) is 1. The van der Waals surface area contributed by atoms with Crippen LogP contribution in [0.4, 0.5) is 0 Å². The lowest BCUT2D eigenvalue weighted by atomic mass is 10.1. The third kappa shape index (κ3) is 2.98. The van der Waals surface area contributed by atoms with Crippen molar-refractivity contribution in [3.63, 3.8) is 0 Å². The molecule has 0 saturated carbocycles. The number of pyridine rings is 1. The van der Waals surface area contributed by atoms with Crippen molar-refractivity contribution in [2.24, 2.45) is 0 Å². The Balaban J connectivity index is 1.88. The van der Waals surface area contributed by atoms with Crippen molar-refractivity contribution >= 4 is 28.4 Å². The van der Waals surface area contributed by atoms with E-state index in [1.165, 1.54) is 0 Å². The molecule has 1 aromatic carbocycles. The number of fused-ring (bicyclic) bond motifs is 1. The zero-order chi connectivity index (χ0) is 14.7. The number of carbonyl (C=O) groups is 1. The average molecular weight is 299 g/mol. The highest BCUT2D eigenvalue weighted by Gasteiger charge is 2.12. The summed E-state index contributed by atoms with van der Waals surface area (Å²) in [5.41, 5.74) is 1.87. The van der Waals surface area contributed by atoms with Gasteiger partial charge in [0.05, 0.1) is 23.3 Å². The Labute approximate surface area is 126 Å². The molecule has 0 unspecified atom stereocenters. The lowest BCUT2D eigenvalue weighted by Gasteiger charge is -2.08. The Kier molecular flexibility index (Phi) is 3.75. The monoisotopic (exact) mass is 298 g/mol. The number of nitrogens with zero attached hydrogens (tertiary/aromatic N) is 3. The van der Waals surface area contributed by atoms with Crippen LogP contribution >= 0.6 is 11.6 Å². The summed E-state index contributed by atoms with van der Waals surface area (Å²) in [7, 11) is 0. The molecule has 0 radical (unpaired) electrons. The predicted molar refractivity (Wildman–Crippen MR) is 80.0 cm³/mol. The Hall–Kier alpha value is -2.53. The van der Waals surface area contributed by atoms with E-state index >= 15 is 0 Å². The number of halogens is 1. The van der Waals surface area contributed by atoms with Gasteiger partial charge in [-0.1, -0.05) is 29.8 Å². The normalized spacial score (nSPS) is 10.5. The highest BCUT2D eigenvalue weighted by Crippen LogP contribution is 2.20. The summed E-state index contributed by atoms with van der Waals surface area (Å²) in [4.78, 5) is 16.5. The fraction of sp³-hybridized carbons (Fsp3) is 0.0667. The van der Waals surface area contributed by atoms with Gasteiger partial charge in [-0.15, -0.1) is 0 Å². The largest absolute Gasteiger partial charge is 0.346 e. The van der Waals surface area contributed by atoms with Gasteiger partial charge in [-0.2, -0.15) is 10.2 Å². The Morgan fingerprint density at radius 1 is 1.19 bits per heavy atom. The van der Waals surface area contributed by atoms with Gasteiger partial charge in [0, 0.05) is 11.6 Å². The average Bonchev–Trinajstić information content (AvgIpc) is 2.52. The molecular weight excluding hydrogens is 288 g/mol. The first-order valence-electron chi connectivity index (χ1n) is 6.34. The first kappa shape index (κ1) is 13.5. The van der Waals surface area contributed by atoms with Crippen molar-refractivity contribution in [3.05, 3.63) is 65.1 Å². The van der Waals surface area contributed by atoms with E-state index in [1.807, 2.05) is 24.3 Å². The molecule has 104 valence electrons. The van der Waals surface area contributed by atoms with Crippen LogP contribution < -0.4 is 5.32 Å². The zero-order valence-corrected chi connectivity index (χ0v) is 11.7. The van der Waals surface area contributed by atoms with Crippen molar-refractivity contribution in [3.8, 4) is 0 Å². The standard InChI is InChI=1S/C15H11ClN4O/c16-14-8-12(11-5-1-2-6-13(11)19-14)15(21)17-9-10-4-3-7-18-20-10/h1-8H,9H2,(H,17,21). The minimum atomic E-state index is -0.221. The molecule has 0 aliphatic rings. The molecule has 0 bridgehead atoms. The van der Waals surface area contributed by atoms with Gasteiger partial charge in [-0.25, -0.2) is 4.98 Å². The molecule has 2 aromatic heterocycles. The number of hydrogen-bond donors (Lipinski definition) is 1. The molecule has 0 spiro atoms. The molecule has 0 saturated heterocycles. The SMILES string of the molecule is O=C(NCc1cccnn1)c1cc(Cl)nc2ccccc12. The van der Waals surface area contributed by atoms with Crippen LogP contribution in [0, 0.1) is 0 Å². The number of hydrogen-bond acceptors (Lipinski definition) is 4. The Morgan fingerprint density at radius 2 is 2.05 bits per heavy atom. The number of para-hydroxylation sites is 1. The summed E-state index contributed by atoms with van der Waals surface area (Å²) in [5.74, 6) is -0.221. The molecular formula is C15H11ClN4O. The first-order chi connectivity index (χ1) is 10.2. The fourth-order valence-corrected chi connectivity index (χ4v) is 2.22. The third-order valence-corrected chi connectivity index (χ3v) is 3.18. The van der Waals surface area contributed by atoms with Crippen LogP contribution in [0.3, 0.4) is 0 Å². The molecule has 0 atom stereocenters. The number of aromatic nitrogens is 3. The Bertz CT molecular complexity index is 792. The summed E-state index contributed by atoms with van der Waals surface area (Å²) in [6.45, 7) is 0.306. The van der Waals surface area contributed by atoms with Crippen molar-refractivity contribution in [1.29, 1.82) is 0 Å². The molecule has 0 aliphatic heterocycles. The second kappa shape index (κ2) is 5.85. The van der Waals surface area contributed by atoms with Crippen molar-refractivity contribution in [1.82, 2.24) is 20.5 Å². The maximum Gasteiger partial charge on any atom is 0.252 e. The molecule has 5 nitrogen and oxygen atoms in total. The second-order valence-corrected chi connectivity index (χ2v) is 4.79. The van der Waals surface area contributed by atoms with Gasteiger partial charge in [0.1, 0.15) is 5.15 Å². The molecule has 0 aliphatic carbocycles. The van der Waals surface area contributed by atoms with Crippen LogP contribution in [-0.4, -0.2) is 21.1 Å². The van der Waals surface area contributed by atoms with Gasteiger partial charge in [0.25, 0.3) is 5.91 Å². The number of carbonyl (C=O) groups excluding carboxylic acids is 1. The van der Waals surface area contributed by atoms with E-state index in [2.05, 4.69) is 20.5 Å². The highest BCUT2D eigenvalue weighted by atomic mass is 35.5. The van der Waals surface area contributed by atoms with E-state index in [-0.39, 0.29) is 5.91 Å². The van der Waals surface area contributed by atoms with Gasteiger partial charge in [0.2, 0.25) is 0 Å². The van der Waals surface area contributed by atoms with Crippen molar-refractivity contribution in [2.45, 2.75) is 6.54 Å². The highest BCUT2D eigenvalue weighted by molar-refractivity contribution is 6.30. The number of rotatable bonds is 3. The smallest absolute Gasteiger partial charge is 0.252 e. The van der Waals surface area contributed by atoms with Gasteiger partial charge in [-0.05, 0) is 24.3 Å². The maximum atomic E-state index is 12.3.